The quantitative estimate of drug-likeness (QED) is 0.141. The van der Waals surface area contributed by atoms with Gasteiger partial charge in [-0.25, -0.2) is 17.6 Å². The maximum absolute atomic E-state index is 14.5. The number of aryl methyl sites for hydroxylation is 1. The van der Waals surface area contributed by atoms with Gasteiger partial charge in [0.2, 0.25) is 5.91 Å². The van der Waals surface area contributed by atoms with E-state index in [1.807, 2.05) is 19.9 Å². The van der Waals surface area contributed by atoms with Crippen molar-refractivity contribution in [2.45, 2.75) is 89.0 Å². The van der Waals surface area contributed by atoms with Crippen molar-refractivity contribution in [1.29, 1.82) is 0 Å². The highest BCUT2D eigenvalue weighted by molar-refractivity contribution is 7.92. The van der Waals surface area contributed by atoms with Crippen molar-refractivity contribution >= 4 is 21.8 Å². The van der Waals surface area contributed by atoms with Crippen molar-refractivity contribution in [3.05, 3.63) is 107 Å². The topological polar surface area (TPSA) is 159 Å². The predicted octanol–water partition coefficient (Wildman–Crippen LogP) is 4.61. The minimum absolute atomic E-state index is 0.0779. The molecule has 0 saturated carbocycles. The van der Waals surface area contributed by atoms with Crippen molar-refractivity contribution in [3.8, 4) is 0 Å². The number of halogens is 1. The summed E-state index contributed by atoms with van der Waals surface area (Å²) in [5.41, 5.74) is 8.81. The second-order valence-corrected chi connectivity index (χ2v) is 14.8. The number of benzene rings is 3. The fourth-order valence-corrected chi connectivity index (χ4v) is 8.05. The number of carbonyl (C=O) groups excluding carboxylic acids is 2. The van der Waals surface area contributed by atoms with Crippen molar-refractivity contribution < 1.29 is 37.3 Å². The monoisotopic (exact) mass is 699 g/mol. The summed E-state index contributed by atoms with van der Waals surface area (Å²) < 4.78 is 47.0. The van der Waals surface area contributed by atoms with E-state index in [1.54, 1.807) is 67.6 Å². The van der Waals surface area contributed by atoms with E-state index in [-0.39, 0.29) is 13.0 Å². The van der Waals surface area contributed by atoms with E-state index in [2.05, 4.69) is 5.32 Å². The Bertz CT molecular complexity index is 1550. The van der Waals surface area contributed by atoms with Crippen LogP contribution in [-0.4, -0.2) is 77.9 Å². The van der Waals surface area contributed by atoms with Gasteiger partial charge in [0, 0.05) is 12.6 Å². The van der Waals surface area contributed by atoms with Crippen LogP contribution < -0.4 is 11.1 Å². The third-order valence-electron chi connectivity index (χ3n) is 8.40. The first kappa shape index (κ1) is 39.6. The minimum atomic E-state index is -3.93. The normalized spacial score (nSPS) is 14.1. The number of aliphatic hydroxyl groups excluding tert-OH is 2. The molecule has 0 aliphatic carbocycles. The van der Waals surface area contributed by atoms with Gasteiger partial charge in [-0.05, 0) is 60.6 Å². The van der Waals surface area contributed by atoms with Crippen LogP contribution in [-0.2, 0) is 32.4 Å². The van der Waals surface area contributed by atoms with Crippen molar-refractivity contribution in [1.82, 2.24) is 10.2 Å². The van der Waals surface area contributed by atoms with E-state index < -0.39 is 76.0 Å². The van der Waals surface area contributed by atoms with E-state index in [4.69, 9.17) is 10.5 Å². The highest BCUT2D eigenvalue weighted by Gasteiger charge is 2.38. The minimum Gasteiger partial charge on any atom is -0.445 e. The number of hydrogen-bond acceptors (Lipinski definition) is 8. The molecule has 0 bridgehead atoms. The fourth-order valence-electron chi connectivity index (χ4n) is 5.90. The molecule has 3 rings (SSSR count). The van der Waals surface area contributed by atoms with Gasteiger partial charge in [0.1, 0.15) is 18.5 Å². The van der Waals surface area contributed by atoms with Gasteiger partial charge >= 0.3 is 6.09 Å². The van der Waals surface area contributed by atoms with Gasteiger partial charge in [-0.15, -0.1) is 0 Å². The average Bonchev–Trinajstić information content (AvgIpc) is 3.06. The second-order valence-electron chi connectivity index (χ2n) is 12.5. The molecule has 0 spiro atoms. The van der Waals surface area contributed by atoms with E-state index >= 15 is 0 Å². The lowest BCUT2D eigenvalue weighted by molar-refractivity contribution is -0.138. The van der Waals surface area contributed by atoms with Crippen LogP contribution in [0.3, 0.4) is 0 Å². The first-order chi connectivity index (χ1) is 23.4. The molecular weight excluding hydrogens is 649 g/mol. The van der Waals surface area contributed by atoms with Gasteiger partial charge < -0.3 is 30.9 Å². The maximum Gasteiger partial charge on any atom is 0.408 e. The number of nitrogens with two attached hydrogens (primary N) is 1. The molecule has 0 heterocycles. The van der Waals surface area contributed by atoms with Crippen LogP contribution in [0.15, 0.2) is 78.9 Å². The molecule has 3 aromatic carbocycles. The zero-order chi connectivity index (χ0) is 36.0. The van der Waals surface area contributed by atoms with Gasteiger partial charge in [-0.3, -0.25) is 4.79 Å². The maximum atomic E-state index is 14.5. The lowest BCUT2D eigenvalue weighted by atomic mass is 9.98. The van der Waals surface area contributed by atoms with E-state index in [9.17, 15) is 32.6 Å². The average molecular weight is 700 g/mol. The van der Waals surface area contributed by atoms with Gasteiger partial charge in [-0.1, -0.05) is 93.4 Å². The molecule has 5 N–H and O–H groups in total. The lowest BCUT2D eigenvalue weighted by Crippen LogP contribution is -2.56. The molecule has 0 aliphatic rings. The Balaban J connectivity index is 1.98. The summed E-state index contributed by atoms with van der Waals surface area (Å²) in [4.78, 5) is 28.8. The smallest absolute Gasteiger partial charge is 0.408 e. The molecule has 0 saturated heterocycles. The molecule has 0 unspecified atom stereocenters. The molecular formula is C37H50FN3O7S. The van der Waals surface area contributed by atoms with Gasteiger partial charge in [0.25, 0.3) is 0 Å². The van der Waals surface area contributed by atoms with Gasteiger partial charge in [0.05, 0.1) is 29.8 Å². The first-order valence-corrected chi connectivity index (χ1v) is 18.4. The van der Waals surface area contributed by atoms with Crippen LogP contribution >= 0.6 is 0 Å². The third kappa shape index (κ3) is 12.2. The van der Waals surface area contributed by atoms with Crippen LogP contribution in [0.25, 0.3) is 0 Å². The van der Waals surface area contributed by atoms with Crippen LogP contribution in [0.4, 0.5) is 9.18 Å². The summed E-state index contributed by atoms with van der Waals surface area (Å²) in [7, 11) is -3.93. The fraction of sp³-hybridized carbons (Fsp3) is 0.459. The molecule has 49 heavy (non-hydrogen) atoms. The number of aliphatic hydroxyl groups is 2. The number of nitrogens with zero attached hydrogens (tertiary/aromatic N) is 1. The Kier molecular flexibility index (Phi) is 15.7. The molecule has 12 heteroatoms. The van der Waals surface area contributed by atoms with Gasteiger partial charge in [0.15, 0.2) is 9.84 Å². The number of rotatable bonds is 19. The number of ether oxygens (including phenoxy) is 1. The first-order valence-electron chi connectivity index (χ1n) is 16.7. The standard InChI is InChI=1S/C37H50FN3O7S/c1-4-12-31(13-5-2)49(46,47)25-33(40-37(45)48-24-27-14-8-6-9-15-27)36(44)41(34(23-42)29-16-10-7-11-17-29)22-35(43)32(39)21-28-18-26(3)19-30(38)20-28/h6-11,14-20,31-35,42-43H,4-5,12-13,21-25,39H2,1-3H3,(H,40,45)/t32-,33+,34-,35-/m0/s1. The largest absolute Gasteiger partial charge is 0.445 e. The molecule has 2 amide bonds. The Labute approximate surface area is 289 Å². The SMILES string of the molecule is CCCC(CCC)S(=O)(=O)C[C@@H](NC(=O)OCc1ccccc1)C(=O)N(C[C@H](O)[C@@H](N)Cc1cc(C)cc(F)c1)[C@@H](CO)c1ccccc1. The zero-order valence-electron chi connectivity index (χ0n) is 28.5. The van der Waals surface area contributed by atoms with Crippen molar-refractivity contribution in [2.24, 2.45) is 5.73 Å². The van der Waals surface area contributed by atoms with Crippen LogP contribution in [0, 0.1) is 12.7 Å². The molecule has 3 aromatic rings. The number of sulfone groups is 1. The number of alkyl carbamates (subject to hydrolysis) is 1. The van der Waals surface area contributed by atoms with E-state index in [1.165, 1.54) is 12.1 Å². The number of amides is 2. The Morgan fingerprint density at radius 2 is 1.57 bits per heavy atom. The summed E-state index contributed by atoms with van der Waals surface area (Å²) >= 11 is 0. The molecule has 0 radical (unpaired) electrons. The van der Waals surface area contributed by atoms with Crippen LogP contribution in [0.5, 0.6) is 0 Å². The van der Waals surface area contributed by atoms with Crippen molar-refractivity contribution in [3.63, 3.8) is 0 Å². The number of hydrogen-bond donors (Lipinski definition) is 4. The van der Waals surface area contributed by atoms with E-state index in [0.29, 0.717) is 47.9 Å². The highest BCUT2D eigenvalue weighted by atomic mass is 32.2. The molecule has 268 valence electrons. The molecule has 4 atom stereocenters. The summed E-state index contributed by atoms with van der Waals surface area (Å²) in [5.74, 6) is -2.01. The predicted molar refractivity (Wildman–Crippen MR) is 188 cm³/mol. The summed E-state index contributed by atoms with van der Waals surface area (Å²) in [6, 6.07) is 18.3. The molecule has 0 aromatic heterocycles. The zero-order valence-corrected chi connectivity index (χ0v) is 29.3. The summed E-state index contributed by atoms with van der Waals surface area (Å²) in [5, 5.41) is 23.7. The molecule has 10 nitrogen and oxygen atoms in total. The van der Waals surface area contributed by atoms with Crippen molar-refractivity contribution in [2.75, 3.05) is 18.9 Å². The van der Waals surface area contributed by atoms with Crippen LogP contribution in [0.2, 0.25) is 0 Å². The Morgan fingerprint density at radius 3 is 2.14 bits per heavy atom. The Hall–Kier alpha value is -3.84. The molecule has 0 aliphatic heterocycles. The lowest BCUT2D eigenvalue weighted by Gasteiger charge is -2.36. The van der Waals surface area contributed by atoms with Gasteiger partial charge in [-0.2, -0.15) is 0 Å². The molecule has 0 fully saturated rings. The highest BCUT2D eigenvalue weighted by Crippen LogP contribution is 2.24. The van der Waals surface area contributed by atoms with Crippen LogP contribution in [0.1, 0.15) is 67.8 Å². The summed E-state index contributed by atoms with van der Waals surface area (Å²) in [6.45, 7) is 4.38. The number of carbonyl (C=O) groups is 2. The Morgan fingerprint density at radius 1 is 0.959 bits per heavy atom. The summed E-state index contributed by atoms with van der Waals surface area (Å²) in [6.07, 6.45) is -0.313. The second kappa shape index (κ2) is 19.4. The number of nitrogens with one attached hydrogen (secondary N) is 1. The third-order valence-corrected chi connectivity index (χ3v) is 10.7. The van der Waals surface area contributed by atoms with E-state index in [0.717, 1.165) is 4.90 Å².